The van der Waals surface area contributed by atoms with Gasteiger partial charge in [0.15, 0.2) is 0 Å². The fraction of sp³-hybridized carbons (Fsp3) is 0.118. The van der Waals surface area contributed by atoms with Crippen LogP contribution in [0.4, 0.5) is 0 Å². The van der Waals surface area contributed by atoms with Gasteiger partial charge in [0.25, 0.3) is 5.91 Å². The van der Waals surface area contributed by atoms with E-state index in [0.29, 0.717) is 11.1 Å². The first-order valence-corrected chi connectivity index (χ1v) is 8.74. The van der Waals surface area contributed by atoms with Crippen LogP contribution < -0.4 is 4.72 Å². The number of carbonyl (C=O) groups excluding carboxylic acids is 1. The van der Waals surface area contributed by atoms with E-state index in [0.717, 1.165) is 10.9 Å². The first kappa shape index (κ1) is 15.3. The van der Waals surface area contributed by atoms with Gasteiger partial charge in [-0.05, 0) is 11.6 Å². The molecular formula is C17H16N2O3S. The van der Waals surface area contributed by atoms with E-state index in [1.807, 2.05) is 31.3 Å². The van der Waals surface area contributed by atoms with Gasteiger partial charge in [-0.2, -0.15) is 0 Å². The summed E-state index contributed by atoms with van der Waals surface area (Å²) in [5.41, 5.74) is 1.85. The highest BCUT2D eigenvalue weighted by Gasteiger charge is 2.20. The molecule has 0 aliphatic rings. The Morgan fingerprint density at radius 3 is 2.43 bits per heavy atom. The highest BCUT2D eigenvalue weighted by molar-refractivity contribution is 7.89. The normalized spacial score (nSPS) is 11.5. The molecule has 1 amide bonds. The van der Waals surface area contributed by atoms with Crippen LogP contribution in [0.15, 0.2) is 60.8 Å². The summed E-state index contributed by atoms with van der Waals surface area (Å²) in [7, 11) is -1.93. The molecule has 0 unspecified atom stereocenters. The molecule has 0 fully saturated rings. The molecule has 1 aromatic heterocycles. The number of hydrogen-bond acceptors (Lipinski definition) is 3. The van der Waals surface area contributed by atoms with Crippen molar-refractivity contribution in [2.45, 2.75) is 5.75 Å². The number of nitrogens with zero attached hydrogens (tertiary/aromatic N) is 1. The predicted molar refractivity (Wildman–Crippen MR) is 89.5 cm³/mol. The van der Waals surface area contributed by atoms with Crippen molar-refractivity contribution in [1.29, 1.82) is 0 Å². The Bertz CT molecular complexity index is 960. The van der Waals surface area contributed by atoms with Gasteiger partial charge < -0.3 is 4.57 Å². The standard InChI is InChI=1S/C17H16N2O3S/c1-19-11-15(14-9-5-6-10-16(14)19)17(20)18-23(21,22)12-13-7-3-2-4-8-13/h2-11H,12H2,1H3,(H,18,20). The third-order valence-electron chi connectivity index (χ3n) is 3.59. The number of carbonyl (C=O) groups is 1. The van der Waals surface area contributed by atoms with E-state index in [1.54, 1.807) is 41.1 Å². The first-order valence-electron chi connectivity index (χ1n) is 7.09. The van der Waals surface area contributed by atoms with Crippen LogP contribution in [0.25, 0.3) is 10.9 Å². The van der Waals surface area contributed by atoms with E-state index in [4.69, 9.17) is 0 Å². The molecule has 0 saturated heterocycles. The number of nitrogens with one attached hydrogen (secondary N) is 1. The van der Waals surface area contributed by atoms with Crippen LogP contribution in [0.3, 0.4) is 0 Å². The quantitative estimate of drug-likeness (QED) is 0.800. The molecule has 1 heterocycles. The topological polar surface area (TPSA) is 68.2 Å². The van der Waals surface area contributed by atoms with Gasteiger partial charge in [-0.25, -0.2) is 13.1 Å². The second-order valence-electron chi connectivity index (χ2n) is 5.35. The lowest BCUT2D eigenvalue weighted by molar-refractivity contribution is 0.0983. The molecule has 0 atom stereocenters. The lowest BCUT2D eigenvalue weighted by Crippen LogP contribution is -2.31. The van der Waals surface area contributed by atoms with Gasteiger partial charge in [-0.3, -0.25) is 4.79 Å². The zero-order chi connectivity index (χ0) is 16.4. The SMILES string of the molecule is Cn1cc(C(=O)NS(=O)(=O)Cc2ccccc2)c2ccccc21. The number of benzene rings is 2. The predicted octanol–water partition coefficient (Wildman–Crippen LogP) is 2.44. The minimum atomic E-state index is -3.75. The second-order valence-corrected chi connectivity index (χ2v) is 7.07. The van der Waals surface area contributed by atoms with Gasteiger partial charge in [-0.15, -0.1) is 0 Å². The van der Waals surface area contributed by atoms with Crippen LogP contribution in [0.2, 0.25) is 0 Å². The second kappa shape index (κ2) is 5.89. The molecule has 3 rings (SSSR count). The monoisotopic (exact) mass is 328 g/mol. The van der Waals surface area contributed by atoms with Crippen LogP contribution in [-0.4, -0.2) is 18.9 Å². The van der Waals surface area contributed by atoms with E-state index in [9.17, 15) is 13.2 Å². The van der Waals surface area contributed by atoms with Crippen LogP contribution in [0.5, 0.6) is 0 Å². The summed E-state index contributed by atoms with van der Waals surface area (Å²) >= 11 is 0. The van der Waals surface area contributed by atoms with Crippen molar-refractivity contribution < 1.29 is 13.2 Å². The zero-order valence-corrected chi connectivity index (χ0v) is 13.4. The fourth-order valence-electron chi connectivity index (χ4n) is 2.55. The maximum Gasteiger partial charge on any atom is 0.266 e. The minimum Gasteiger partial charge on any atom is -0.350 e. The van der Waals surface area contributed by atoms with Gasteiger partial charge in [0.1, 0.15) is 0 Å². The average Bonchev–Trinajstić information content (AvgIpc) is 2.85. The van der Waals surface area contributed by atoms with Crippen LogP contribution in [0, 0.1) is 0 Å². The van der Waals surface area contributed by atoms with Gasteiger partial charge in [-0.1, -0.05) is 48.5 Å². The lowest BCUT2D eigenvalue weighted by atomic mass is 10.2. The first-order chi connectivity index (χ1) is 11.0. The Balaban J connectivity index is 1.86. The van der Waals surface area contributed by atoms with Gasteiger partial charge in [0, 0.05) is 24.1 Å². The summed E-state index contributed by atoms with van der Waals surface area (Å²) in [4.78, 5) is 12.4. The Kier molecular flexibility index (Phi) is 3.92. The van der Waals surface area contributed by atoms with E-state index >= 15 is 0 Å². The Morgan fingerprint density at radius 1 is 1.04 bits per heavy atom. The average molecular weight is 328 g/mol. The van der Waals surface area contributed by atoms with Crippen molar-refractivity contribution in [3.63, 3.8) is 0 Å². The van der Waals surface area contributed by atoms with E-state index in [2.05, 4.69) is 4.72 Å². The molecular weight excluding hydrogens is 312 g/mol. The Labute approximate surface area is 134 Å². The molecule has 6 heteroatoms. The van der Waals surface area contributed by atoms with E-state index in [-0.39, 0.29) is 5.75 Å². The summed E-state index contributed by atoms with van der Waals surface area (Å²) in [6.07, 6.45) is 1.64. The minimum absolute atomic E-state index is 0.232. The molecule has 118 valence electrons. The third kappa shape index (κ3) is 3.27. The number of aryl methyl sites for hydroxylation is 1. The Hall–Kier alpha value is -2.60. The number of rotatable bonds is 4. The molecule has 0 saturated carbocycles. The van der Waals surface area contributed by atoms with Crippen LogP contribution in [0.1, 0.15) is 15.9 Å². The van der Waals surface area contributed by atoms with E-state index < -0.39 is 15.9 Å². The highest BCUT2D eigenvalue weighted by atomic mass is 32.2. The molecule has 5 nitrogen and oxygen atoms in total. The smallest absolute Gasteiger partial charge is 0.266 e. The van der Waals surface area contributed by atoms with Crippen molar-refractivity contribution in [2.75, 3.05) is 0 Å². The summed E-state index contributed by atoms with van der Waals surface area (Å²) in [5.74, 6) is -0.845. The number of fused-ring (bicyclic) bond motifs is 1. The molecule has 0 aliphatic carbocycles. The molecule has 2 aromatic carbocycles. The van der Waals surface area contributed by atoms with E-state index in [1.165, 1.54) is 0 Å². The maximum absolute atomic E-state index is 12.4. The summed E-state index contributed by atoms with van der Waals surface area (Å²) in [6.45, 7) is 0. The molecule has 1 N–H and O–H groups in total. The van der Waals surface area contributed by atoms with Gasteiger partial charge in [0.05, 0.1) is 11.3 Å². The van der Waals surface area contributed by atoms with Crippen molar-refractivity contribution in [2.24, 2.45) is 7.05 Å². The van der Waals surface area contributed by atoms with Crippen molar-refractivity contribution >= 4 is 26.8 Å². The highest BCUT2D eigenvalue weighted by Crippen LogP contribution is 2.20. The zero-order valence-electron chi connectivity index (χ0n) is 12.6. The largest absolute Gasteiger partial charge is 0.350 e. The number of sulfonamides is 1. The number of aromatic nitrogens is 1. The lowest BCUT2D eigenvalue weighted by Gasteiger charge is -2.06. The van der Waals surface area contributed by atoms with Crippen molar-refractivity contribution in [3.8, 4) is 0 Å². The molecule has 0 bridgehead atoms. The third-order valence-corrected chi connectivity index (χ3v) is 4.80. The Morgan fingerprint density at radius 2 is 1.70 bits per heavy atom. The fourth-order valence-corrected chi connectivity index (χ4v) is 3.64. The van der Waals surface area contributed by atoms with Crippen LogP contribution >= 0.6 is 0 Å². The molecule has 0 aliphatic heterocycles. The summed E-state index contributed by atoms with van der Waals surface area (Å²) in [6, 6.07) is 16.1. The summed E-state index contributed by atoms with van der Waals surface area (Å²) < 4.78 is 28.3. The molecule has 0 spiro atoms. The number of hydrogen-bond donors (Lipinski definition) is 1. The van der Waals surface area contributed by atoms with Crippen molar-refractivity contribution in [1.82, 2.24) is 9.29 Å². The maximum atomic E-state index is 12.4. The summed E-state index contributed by atoms with van der Waals surface area (Å²) in [5, 5.41) is 0.724. The molecule has 0 radical (unpaired) electrons. The van der Waals surface area contributed by atoms with Crippen LogP contribution in [-0.2, 0) is 22.8 Å². The van der Waals surface area contributed by atoms with Gasteiger partial charge >= 0.3 is 0 Å². The molecule has 3 aromatic rings. The van der Waals surface area contributed by atoms with Crippen molar-refractivity contribution in [3.05, 3.63) is 71.9 Å². The van der Waals surface area contributed by atoms with Gasteiger partial charge in [0.2, 0.25) is 10.0 Å². The number of amides is 1. The number of para-hydroxylation sites is 1. The molecule has 23 heavy (non-hydrogen) atoms.